The molecule has 0 saturated heterocycles. The lowest BCUT2D eigenvalue weighted by Crippen LogP contribution is -2.28. The molecule has 13 nitrogen and oxygen atoms in total. The number of azo groups is 1. The van der Waals surface area contributed by atoms with E-state index in [-0.39, 0.29) is 51.0 Å². The maximum Gasteiger partial charge on any atom is 0.222 e. The number of aryl methyl sites for hydroxylation is 1. The van der Waals surface area contributed by atoms with Crippen LogP contribution >= 0.6 is 0 Å². The number of benzene rings is 1. The summed E-state index contributed by atoms with van der Waals surface area (Å²) in [6.07, 6.45) is 13.5. The number of carbonyl (C=O) groups excluding carboxylic acids is 1. The van der Waals surface area contributed by atoms with Gasteiger partial charge in [-0.25, -0.2) is 14.5 Å². The molecule has 0 unspecified atom stereocenters. The van der Waals surface area contributed by atoms with Crippen LogP contribution in [0.25, 0.3) is 10.5 Å². The molecule has 0 aliphatic heterocycles. The normalized spacial score (nSPS) is 10.6. The third-order valence-corrected chi connectivity index (χ3v) is 8.36. The highest BCUT2D eigenvalue weighted by Crippen LogP contribution is 2.36. The van der Waals surface area contributed by atoms with E-state index in [0.29, 0.717) is 24.6 Å². The molecule has 0 bridgehead atoms. The average Bonchev–Trinajstić information content (AvgIpc) is 3.46. The molecule has 0 spiro atoms. The van der Waals surface area contributed by atoms with Gasteiger partial charge < -0.3 is 10.2 Å². The number of nitrogens with zero attached hydrogens (tertiary/aromatic N) is 11. The highest BCUT2D eigenvalue weighted by atomic mass is 16.1. The SMILES string of the molecule is [C-]#[N+]c1cc(C#N)c(C#N)cc1-n1nc(C)c(C#N)c1N=Nc1cc(C#N)c(N(CCCCCCCC)CCCCCCCC)nc1NC(C)=O. The molecule has 0 atom stereocenters. The number of hydrogen-bond acceptors (Lipinski definition) is 10. The van der Waals surface area contributed by atoms with Crippen LogP contribution in [0, 0.1) is 58.8 Å². The molecule has 2 heterocycles. The van der Waals surface area contributed by atoms with Crippen LogP contribution in [-0.4, -0.2) is 33.8 Å². The van der Waals surface area contributed by atoms with E-state index in [4.69, 9.17) is 11.6 Å². The molecule has 0 radical (unpaired) electrons. The summed E-state index contributed by atoms with van der Waals surface area (Å²) in [5.74, 6) is 0.126. The van der Waals surface area contributed by atoms with Crippen molar-refractivity contribution in [2.45, 2.75) is 105 Å². The summed E-state index contributed by atoms with van der Waals surface area (Å²) in [7, 11) is 0. The van der Waals surface area contributed by atoms with Crippen molar-refractivity contribution in [3.05, 3.63) is 57.6 Å². The van der Waals surface area contributed by atoms with Crippen molar-refractivity contribution in [3.63, 3.8) is 0 Å². The Morgan fingerprint density at radius 3 is 1.94 bits per heavy atom. The summed E-state index contributed by atoms with van der Waals surface area (Å²) in [5.41, 5.74) is 0.896. The molecule has 1 amide bonds. The number of amides is 1. The number of pyridine rings is 1. The van der Waals surface area contributed by atoms with Gasteiger partial charge in [-0.05, 0) is 38.0 Å². The van der Waals surface area contributed by atoms with Gasteiger partial charge in [-0.3, -0.25) is 4.79 Å². The molecule has 51 heavy (non-hydrogen) atoms. The Morgan fingerprint density at radius 2 is 1.41 bits per heavy atom. The van der Waals surface area contributed by atoms with Crippen LogP contribution in [0.1, 0.15) is 126 Å². The Bertz CT molecular complexity index is 1910. The standard InChI is InChI=1S/C38H44N12O/c1-6-8-10-12-14-16-18-49(19-17-15-13-11-9-7-2)37-31(25-41)21-34(36(45-37)44-28(4)51)46-47-38-32(26-42)27(3)48-50(38)35-22-30(24-40)29(23-39)20-33(35)43-5/h20-22H,6-19H2,1-4H3,(H,44,45,51). The molecule has 13 heteroatoms. The summed E-state index contributed by atoms with van der Waals surface area (Å²) >= 11 is 0. The van der Waals surface area contributed by atoms with Crippen molar-refractivity contribution in [2.24, 2.45) is 10.2 Å². The zero-order valence-corrected chi connectivity index (χ0v) is 30.0. The van der Waals surface area contributed by atoms with E-state index < -0.39 is 5.91 Å². The molecule has 0 aliphatic carbocycles. The number of carbonyl (C=O) groups is 1. The molecule has 1 N–H and O–H groups in total. The lowest BCUT2D eigenvalue weighted by molar-refractivity contribution is -0.114. The minimum Gasteiger partial charge on any atom is -0.355 e. The van der Waals surface area contributed by atoms with Crippen LogP contribution in [-0.2, 0) is 4.79 Å². The maximum atomic E-state index is 12.4. The molecular formula is C38H44N12O. The molecule has 0 saturated carbocycles. The van der Waals surface area contributed by atoms with Gasteiger partial charge in [0.05, 0.1) is 40.7 Å². The van der Waals surface area contributed by atoms with Gasteiger partial charge in [-0.1, -0.05) is 78.1 Å². The van der Waals surface area contributed by atoms with E-state index in [0.717, 1.165) is 38.5 Å². The fraction of sp³-hybridized carbons (Fsp3) is 0.474. The van der Waals surface area contributed by atoms with E-state index in [2.05, 4.69) is 56.4 Å². The third kappa shape index (κ3) is 10.7. The minimum absolute atomic E-state index is 0.0153. The largest absolute Gasteiger partial charge is 0.355 e. The lowest BCUT2D eigenvalue weighted by atomic mass is 10.1. The van der Waals surface area contributed by atoms with Crippen LogP contribution in [0.4, 0.5) is 28.8 Å². The predicted molar refractivity (Wildman–Crippen MR) is 195 cm³/mol. The zero-order valence-electron chi connectivity index (χ0n) is 30.0. The number of unbranched alkanes of at least 4 members (excludes halogenated alkanes) is 10. The number of nitrogens with one attached hydrogen (secondary N) is 1. The van der Waals surface area contributed by atoms with Crippen molar-refractivity contribution in [3.8, 4) is 30.0 Å². The highest BCUT2D eigenvalue weighted by Gasteiger charge is 2.22. The molecular weight excluding hydrogens is 641 g/mol. The number of hydrogen-bond donors (Lipinski definition) is 1. The van der Waals surface area contributed by atoms with E-state index in [1.165, 1.54) is 68.3 Å². The Hall–Kier alpha value is -6.10. The van der Waals surface area contributed by atoms with E-state index in [1.807, 2.05) is 12.1 Å². The number of rotatable bonds is 19. The first-order valence-electron chi connectivity index (χ1n) is 17.5. The molecule has 0 aliphatic rings. The lowest BCUT2D eigenvalue weighted by Gasteiger charge is -2.25. The second-order valence-corrected chi connectivity index (χ2v) is 12.3. The first kappa shape index (κ1) is 39.3. The van der Waals surface area contributed by atoms with Crippen molar-refractivity contribution >= 4 is 34.7 Å². The summed E-state index contributed by atoms with van der Waals surface area (Å²) < 4.78 is 1.22. The van der Waals surface area contributed by atoms with Gasteiger partial charge in [0.15, 0.2) is 11.6 Å². The zero-order chi connectivity index (χ0) is 37.2. The minimum atomic E-state index is -0.394. The number of anilines is 2. The van der Waals surface area contributed by atoms with E-state index >= 15 is 0 Å². The maximum absolute atomic E-state index is 12.4. The number of aromatic nitrogens is 3. The van der Waals surface area contributed by atoms with Gasteiger partial charge in [0.1, 0.15) is 35.3 Å². The summed E-state index contributed by atoms with van der Waals surface area (Å²) in [6.45, 7) is 16.4. The van der Waals surface area contributed by atoms with Crippen molar-refractivity contribution in [1.82, 2.24) is 14.8 Å². The smallest absolute Gasteiger partial charge is 0.222 e. The van der Waals surface area contributed by atoms with Gasteiger partial charge >= 0.3 is 0 Å². The van der Waals surface area contributed by atoms with Crippen LogP contribution in [0.2, 0.25) is 0 Å². The highest BCUT2D eigenvalue weighted by molar-refractivity contribution is 5.91. The molecule has 3 rings (SSSR count). The first-order chi connectivity index (χ1) is 24.8. The van der Waals surface area contributed by atoms with Crippen LogP contribution in [0.5, 0.6) is 0 Å². The Kier molecular flexibility index (Phi) is 15.8. The van der Waals surface area contributed by atoms with E-state index in [1.54, 1.807) is 6.92 Å². The summed E-state index contributed by atoms with van der Waals surface area (Å²) in [4.78, 5) is 22.8. The summed E-state index contributed by atoms with van der Waals surface area (Å²) in [5, 5.41) is 55.2. The van der Waals surface area contributed by atoms with Gasteiger partial charge in [0, 0.05) is 20.0 Å². The monoisotopic (exact) mass is 684 g/mol. The van der Waals surface area contributed by atoms with E-state index in [9.17, 15) is 25.8 Å². The fourth-order valence-electron chi connectivity index (χ4n) is 5.67. The Labute approximate surface area is 300 Å². The van der Waals surface area contributed by atoms with Crippen molar-refractivity contribution in [2.75, 3.05) is 23.3 Å². The Morgan fingerprint density at radius 1 is 0.843 bits per heavy atom. The van der Waals surface area contributed by atoms with Crippen LogP contribution in [0.15, 0.2) is 28.4 Å². The third-order valence-electron chi connectivity index (χ3n) is 8.36. The Balaban J connectivity index is 2.10. The second-order valence-electron chi connectivity index (χ2n) is 12.3. The second kappa shape index (κ2) is 20.4. The molecule has 2 aromatic heterocycles. The first-order valence-corrected chi connectivity index (χ1v) is 17.5. The fourth-order valence-corrected chi connectivity index (χ4v) is 5.67. The quantitative estimate of drug-likeness (QED) is 0.0734. The van der Waals surface area contributed by atoms with Crippen LogP contribution in [0.3, 0.4) is 0 Å². The van der Waals surface area contributed by atoms with Crippen molar-refractivity contribution in [1.29, 1.82) is 21.0 Å². The predicted octanol–water partition coefficient (Wildman–Crippen LogP) is 9.51. The topological polar surface area (TPSA) is 187 Å². The number of nitriles is 4. The molecule has 262 valence electrons. The van der Waals surface area contributed by atoms with Gasteiger partial charge in [0.2, 0.25) is 11.6 Å². The molecule has 1 aromatic carbocycles. The van der Waals surface area contributed by atoms with Crippen LogP contribution < -0.4 is 10.2 Å². The summed E-state index contributed by atoms with van der Waals surface area (Å²) in [6, 6.07) is 12.3. The molecule has 0 fully saturated rings. The average molecular weight is 685 g/mol. The molecule has 3 aromatic rings. The van der Waals surface area contributed by atoms with Gasteiger partial charge in [0.25, 0.3) is 0 Å². The van der Waals surface area contributed by atoms with Gasteiger partial charge in [-0.15, -0.1) is 10.2 Å². The van der Waals surface area contributed by atoms with Gasteiger partial charge in [-0.2, -0.15) is 26.1 Å². The van der Waals surface area contributed by atoms with Crippen molar-refractivity contribution < 1.29 is 4.79 Å².